The summed E-state index contributed by atoms with van der Waals surface area (Å²) in [5.74, 6) is -1.44. The predicted molar refractivity (Wildman–Crippen MR) is 59.9 cm³/mol. The lowest BCUT2D eigenvalue weighted by Crippen LogP contribution is -2.18. The number of anilines is 1. The molecule has 1 aromatic carbocycles. The molecule has 0 saturated carbocycles. The van der Waals surface area contributed by atoms with Crippen molar-refractivity contribution in [2.24, 2.45) is 0 Å². The van der Waals surface area contributed by atoms with E-state index in [2.05, 4.69) is 10.1 Å². The van der Waals surface area contributed by atoms with Crippen molar-refractivity contribution < 1.29 is 22.3 Å². The topological polar surface area (TPSA) is 72.5 Å². The van der Waals surface area contributed by atoms with E-state index in [1.54, 1.807) is 0 Å². The summed E-state index contributed by atoms with van der Waals surface area (Å²) in [7, 11) is 2.37. The second kappa shape index (κ2) is 5.44. The first-order chi connectivity index (χ1) is 7.84. The van der Waals surface area contributed by atoms with Crippen molar-refractivity contribution in [3.63, 3.8) is 0 Å². The Labute approximate surface area is 102 Å². The number of carbonyl (C=O) groups is 1. The van der Waals surface area contributed by atoms with Crippen LogP contribution < -0.4 is 5.32 Å². The summed E-state index contributed by atoms with van der Waals surface area (Å²) in [4.78, 5) is 10.7. The molecule has 17 heavy (non-hydrogen) atoms. The zero-order chi connectivity index (χ0) is 13.1. The first-order valence-electron chi connectivity index (χ1n) is 4.37. The molecule has 1 N–H and O–H groups in total. The van der Waals surface area contributed by atoms with E-state index >= 15 is 0 Å². The first-order valence-corrected chi connectivity index (χ1v) is 6.68. The Morgan fingerprint density at radius 3 is 2.65 bits per heavy atom. The van der Waals surface area contributed by atoms with E-state index in [1.807, 2.05) is 0 Å². The van der Waals surface area contributed by atoms with Crippen LogP contribution in [0, 0.1) is 5.82 Å². The average Bonchev–Trinajstić information content (AvgIpc) is 2.20. The van der Waals surface area contributed by atoms with E-state index in [-0.39, 0.29) is 17.2 Å². The fraction of sp³-hybridized carbons (Fsp3) is 0.222. The lowest BCUT2D eigenvalue weighted by Gasteiger charge is -2.06. The van der Waals surface area contributed by atoms with Gasteiger partial charge in [0, 0.05) is 17.8 Å². The maximum Gasteiger partial charge on any atom is 0.261 e. The van der Waals surface area contributed by atoms with Gasteiger partial charge >= 0.3 is 0 Å². The third-order valence-corrected chi connectivity index (χ3v) is 3.12. The fourth-order valence-corrected chi connectivity index (χ4v) is 1.83. The number of halogens is 2. The van der Waals surface area contributed by atoms with Crippen LogP contribution in [0.2, 0.25) is 0 Å². The number of benzene rings is 1. The molecule has 94 valence electrons. The number of methoxy groups -OCH3 is 1. The molecule has 0 aromatic heterocycles. The van der Waals surface area contributed by atoms with Gasteiger partial charge in [0.2, 0.25) is 5.91 Å². The molecule has 0 aliphatic rings. The summed E-state index contributed by atoms with van der Waals surface area (Å²) in [6, 6.07) is 2.93. The number of rotatable bonds is 4. The quantitative estimate of drug-likeness (QED) is 0.845. The van der Waals surface area contributed by atoms with E-state index in [0.29, 0.717) is 0 Å². The monoisotopic (exact) mass is 281 g/mol. The van der Waals surface area contributed by atoms with Crippen LogP contribution in [0.25, 0.3) is 0 Å². The van der Waals surface area contributed by atoms with Crippen LogP contribution in [0.5, 0.6) is 0 Å². The maximum atomic E-state index is 13.4. The van der Waals surface area contributed by atoms with E-state index in [0.717, 1.165) is 18.2 Å². The van der Waals surface area contributed by atoms with E-state index in [4.69, 9.17) is 10.7 Å². The lowest BCUT2D eigenvalue weighted by molar-refractivity contribution is -0.119. The highest BCUT2D eigenvalue weighted by molar-refractivity contribution is 8.13. The van der Waals surface area contributed by atoms with Crippen molar-refractivity contribution in [2.45, 2.75) is 4.90 Å². The van der Waals surface area contributed by atoms with Crippen LogP contribution in [0.3, 0.4) is 0 Å². The molecule has 0 atom stereocenters. The Hall–Kier alpha value is -1.18. The van der Waals surface area contributed by atoms with Gasteiger partial charge in [-0.25, -0.2) is 12.8 Å². The van der Waals surface area contributed by atoms with Gasteiger partial charge < -0.3 is 10.1 Å². The molecule has 0 bridgehead atoms. The molecule has 0 saturated heterocycles. The number of hydrogen-bond donors (Lipinski definition) is 1. The van der Waals surface area contributed by atoms with Crippen LogP contribution in [0.4, 0.5) is 10.1 Å². The van der Waals surface area contributed by atoms with E-state index in [1.165, 1.54) is 7.11 Å². The number of carbonyl (C=O) groups excluding carboxylic acids is 1. The van der Waals surface area contributed by atoms with Crippen molar-refractivity contribution in [1.82, 2.24) is 0 Å². The number of nitrogens with one attached hydrogen (secondary N) is 1. The minimum Gasteiger partial charge on any atom is -0.375 e. The largest absolute Gasteiger partial charge is 0.375 e. The number of ether oxygens (including phenoxy) is 1. The van der Waals surface area contributed by atoms with Crippen molar-refractivity contribution in [2.75, 3.05) is 19.0 Å². The Balaban J connectivity index is 2.95. The average molecular weight is 282 g/mol. The van der Waals surface area contributed by atoms with Crippen molar-refractivity contribution in [3.05, 3.63) is 24.0 Å². The molecule has 1 amide bonds. The molecule has 0 spiro atoms. The zero-order valence-corrected chi connectivity index (χ0v) is 10.3. The SMILES string of the molecule is COCC(=O)Nc1ccc(S(=O)(=O)Cl)cc1F. The Kier molecular flexibility index (Phi) is 4.44. The second-order valence-corrected chi connectivity index (χ2v) is 5.63. The molecule has 0 aliphatic heterocycles. The Morgan fingerprint density at radius 2 is 2.18 bits per heavy atom. The van der Waals surface area contributed by atoms with E-state index in [9.17, 15) is 17.6 Å². The molecule has 1 aromatic rings. The smallest absolute Gasteiger partial charge is 0.261 e. The minimum atomic E-state index is -3.99. The highest BCUT2D eigenvalue weighted by atomic mass is 35.7. The van der Waals surface area contributed by atoms with Crippen LogP contribution >= 0.6 is 10.7 Å². The highest BCUT2D eigenvalue weighted by Gasteiger charge is 2.14. The normalized spacial score (nSPS) is 11.2. The van der Waals surface area contributed by atoms with Crippen molar-refractivity contribution in [1.29, 1.82) is 0 Å². The maximum absolute atomic E-state index is 13.4. The van der Waals surface area contributed by atoms with Crippen molar-refractivity contribution >= 4 is 31.3 Å². The van der Waals surface area contributed by atoms with Crippen LogP contribution in [-0.4, -0.2) is 28.0 Å². The number of amides is 1. The third-order valence-electron chi connectivity index (χ3n) is 1.77. The summed E-state index contributed by atoms with van der Waals surface area (Å²) >= 11 is 0. The van der Waals surface area contributed by atoms with Gasteiger partial charge in [0.15, 0.2) is 0 Å². The van der Waals surface area contributed by atoms with Gasteiger partial charge in [0.25, 0.3) is 9.05 Å². The molecular formula is C9H9ClFNO4S. The van der Waals surface area contributed by atoms with Gasteiger partial charge in [0.05, 0.1) is 10.6 Å². The second-order valence-electron chi connectivity index (χ2n) is 3.06. The molecule has 0 heterocycles. The zero-order valence-electron chi connectivity index (χ0n) is 8.74. The minimum absolute atomic E-state index is 0.142. The van der Waals surface area contributed by atoms with E-state index < -0.39 is 20.8 Å². The van der Waals surface area contributed by atoms with Gasteiger partial charge in [-0.3, -0.25) is 4.79 Å². The molecule has 0 aliphatic carbocycles. The Bertz CT molecular complexity index is 532. The Morgan fingerprint density at radius 1 is 1.53 bits per heavy atom. The summed E-state index contributed by atoms with van der Waals surface area (Å²) in [5.41, 5.74) is -0.142. The first kappa shape index (κ1) is 13.9. The molecular weight excluding hydrogens is 273 g/mol. The van der Waals surface area contributed by atoms with Crippen molar-refractivity contribution in [3.8, 4) is 0 Å². The standard InChI is InChI=1S/C9H9ClFNO4S/c1-16-5-9(13)12-8-3-2-6(4-7(8)11)17(10,14)15/h2-4H,5H2,1H3,(H,12,13). The molecule has 0 radical (unpaired) electrons. The third kappa shape index (κ3) is 3.95. The molecule has 1 rings (SSSR count). The van der Waals surface area contributed by atoms with Crippen LogP contribution in [0.15, 0.2) is 23.1 Å². The van der Waals surface area contributed by atoms with Gasteiger partial charge in [-0.2, -0.15) is 0 Å². The predicted octanol–water partition coefficient (Wildman–Crippen LogP) is 1.34. The van der Waals surface area contributed by atoms with Crippen LogP contribution in [-0.2, 0) is 18.6 Å². The molecule has 0 unspecified atom stereocenters. The lowest BCUT2D eigenvalue weighted by atomic mass is 10.3. The summed E-state index contributed by atoms with van der Waals surface area (Å²) in [5, 5.41) is 2.21. The van der Waals surface area contributed by atoms with Gasteiger partial charge in [-0.15, -0.1) is 0 Å². The summed E-state index contributed by atoms with van der Waals surface area (Å²) in [6.45, 7) is -0.227. The van der Waals surface area contributed by atoms with Gasteiger partial charge in [0.1, 0.15) is 12.4 Å². The van der Waals surface area contributed by atoms with Gasteiger partial charge in [-0.1, -0.05) is 0 Å². The van der Waals surface area contributed by atoms with Gasteiger partial charge in [-0.05, 0) is 18.2 Å². The number of hydrogen-bond acceptors (Lipinski definition) is 4. The molecule has 5 nitrogen and oxygen atoms in total. The summed E-state index contributed by atoms with van der Waals surface area (Å²) < 4.78 is 39.8. The van der Waals surface area contributed by atoms with Crippen LogP contribution in [0.1, 0.15) is 0 Å². The molecule has 0 fully saturated rings. The fourth-order valence-electron chi connectivity index (χ4n) is 1.07. The summed E-state index contributed by atoms with van der Waals surface area (Å²) in [6.07, 6.45) is 0. The highest BCUT2D eigenvalue weighted by Crippen LogP contribution is 2.21. The molecule has 8 heteroatoms.